The molecule has 0 aliphatic rings. The van der Waals surface area contributed by atoms with Crippen LogP contribution in [0, 0.1) is 10.1 Å². The summed E-state index contributed by atoms with van der Waals surface area (Å²) in [7, 11) is -2.89. The van der Waals surface area contributed by atoms with E-state index in [4.69, 9.17) is 25.6 Å². The number of carbonyl (C=O) groups is 1. The quantitative estimate of drug-likeness (QED) is 0.172. The Labute approximate surface area is 199 Å². The molecular weight excluding hydrogens is 502 g/mol. The van der Waals surface area contributed by atoms with Crippen LogP contribution in [0.25, 0.3) is 0 Å². The molecule has 1 unspecified atom stereocenters. The van der Waals surface area contributed by atoms with Crippen molar-refractivity contribution in [3.8, 4) is 11.5 Å². The van der Waals surface area contributed by atoms with Gasteiger partial charge in [0.25, 0.3) is 0 Å². The molecule has 0 aliphatic heterocycles. The van der Waals surface area contributed by atoms with Crippen LogP contribution in [0.2, 0.25) is 5.02 Å². The van der Waals surface area contributed by atoms with E-state index < -0.39 is 48.6 Å². The van der Waals surface area contributed by atoms with Gasteiger partial charge in [-0.15, -0.1) is 4.52 Å². The van der Waals surface area contributed by atoms with Gasteiger partial charge in [0.2, 0.25) is 6.61 Å². The van der Waals surface area contributed by atoms with Crippen molar-refractivity contribution >= 4 is 36.6 Å². The largest absolute Gasteiger partial charge is 0.556 e. The number of alkyl halides is 3. The van der Waals surface area contributed by atoms with Gasteiger partial charge in [0, 0.05) is 17.7 Å². The molecule has 0 N–H and O–H groups in total. The zero-order valence-corrected chi connectivity index (χ0v) is 20.2. The molecule has 2 rings (SSSR count). The predicted octanol–water partition coefficient (Wildman–Crippen LogP) is 6.35. The van der Waals surface area contributed by atoms with Gasteiger partial charge in [0.1, 0.15) is 17.1 Å². The van der Waals surface area contributed by atoms with Crippen LogP contribution in [-0.2, 0) is 31.2 Å². The highest BCUT2D eigenvalue weighted by atomic mass is 35.5. The molecule has 0 fully saturated rings. The Balaban J connectivity index is 2.39. The van der Waals surface area contributed by atoms with Crippen molar-refractivity contribution in [3.05, 3.63) is 56.6 Å². The van der Waals surface area contributed by atoms with Gasteiger partial charge in [-0.2, -0.15) is 13.2 Å². The molecule has 2 aromatic carbocycles. The molecule has 0 bridgehead atoms. The fourth-order valence-corrected chi connectivity index (χ4v) is 3.83. The Morgan fingerprint density at radius 3 is 2.29 bits per heavy atom. The van der Waals surface area contributed by atoms with E-state index in [0.29, 0.717) is 11.6 Å². The fraction of sp³-hybridized carbons (Fsp3) is 0.381. The zero-order valence-electron chi connectivity index (χ0n) is 18.6. The highest BCUT2D eigenvalue weighted by Crippen LogP contribution is 2.39. The number of ether oxygens (including phenoxy) is 2. The number of hydrogen-bond donors (Lipinski definition) is 0. The first-order chi connectivity index (χ1) is 15.6. The van der Waals surface area contributed by atoms with Crippen molar-refractivity contribution in [1.29, 1.82) is 0 Å². The highest BCUT2D eigenvalue weighted by Gasteiger charge is 2.37. The molecule has 0 spiro atoms. The molecule has 0 saturated carbocycles. The number of nitro groups is 1. The van der Waals surface area contributed by atoms with Gasteiger partial charge in [-0.1, -0.05) is 18.5 Å². The molecule has 0 heterocycles. The lowest BCUT2D eigenvalue weighted by atomic mass is 10.1. The summed E-state index contributed by atoms with van der Waals surface area (Å²) in [5.74, 6) is -0.986. The Morgan fingerprint density at radius 2 is 1.79 bits per heavy atom. The Bertz CT molecular complexity index is 1120. The average molecular weight is 523 g/mol. The topological polar surface area (TPSA) is 105 Å². The number of aryl methyl sites for hydroxylation is 1. The summed E-state index contributed by atoms with van der Waals surface area (Å²) in [6.07, 6.45) is -4.37. The van der Waals surface area contributed by atoms with E-state index in [9.17, 15) is 32.6 Å². The molecule has 34 heavy (non-hydrogen) atoms. The number of benzene rings is 2. The number of halogens is 4. The smallest absolute Gasteiger partial charge is 0.458 e. The SMILES string of the molecule is CCc1cc([N+](=O)[O-])c([P+](=O)OCC(=O)OC(C)(C)C)cc1Oc1ccc(C(F)(F)F)cc1Cl. The number of esters is 1. The Morgan fingerprint density at radius 1 is 1.15 bits per heavy atom. The minimum Gasteiger partial charge on any atom is -0.458 e. The number of carbonyl (C=O) groups excluding carboxylic acids is 1. The maximum atomic E-state index is 12.9. The second-order valence-electron chi connectivity index (χ2n) is 7.92. The van der Waals surface area contributed by atoms with Crippen molar-refractivity contribution in [2.75, 3.05) is 6.61 Å². The first-order valence-electron chi connectivity index (χ1n) is 9.80. The summed E-state index contributed by atoms with van der Waals surface area (Å²) in [5.41, 5.74) is -2.03. The van der Waals surface area contributed by atoms with Crippen molar-refractivity contribution in [2.45, 2.75) is 45.9 Å². The predicted molar refractivity (Wildman–Crippen MR) is 118 cm³/mol. The summed E-state index contributed by atoms with van der Waals surface area (Å²) in [6.45, 7) is 5.80. The number of rotatable bonds is 8. The second kappa shape index (κ2) is 10.7. The number of hydrogen-bond acceptors (Lipinski definition) is 7. The van der Waals surface area contributed by atoms with Crippen LogP contribution in [0.4, 0.5) is 18.9 Å². The van der Waals surface area contributed by atoms with Gasteiger partial charge < -0.3 is 9.47 Å². The first-order valence-corrected chi connectivity index (χ1v) is 11.4. The molecule has 0 radical (unpaired) electrons. The van der Waals surface area contributed by atoms with E-state index in [1.807, 2.05) is 0 Å². The first kappa shape index (κ1) is 27.5. The number of nitro benzene ring substituents is 1. The summed E-state index contributed by atoms with van der Waals surface area (Å²) in [6, 6.07) is 4.65. The lowest BCUT2D eigenvalue weighted by molar-refractivity contribution is -0.383. The van der Waals surface area contributed by atoms with Crippen LogP contribution in [0.3, 0.4) is 0 Å². The molecule has 2 aromatic rings. The molecule has 1 atom stereocenters. The van der Waals surface area contributed by atoms with Crippen LogP contribution >= 0.6 is 19.6 Å². The van der Waals surface area contributed by atoms with Crippen LogP contribution < -0.4 is 10.0 Å². The molecule has 184 valence electrons. The van der Waals surface area contributed by atoms with E-state index in [2.05, 4.69) is 0 Å². The van der Waals surface area contributed by atoms with E-state index in [1.165, 1.54) is 0 Å². The van der Waals surface area contributed by atoms with Gasteiger partial charge in [-0.3, -0.25) is 10.1 Å². The average Bonchev–Trinajstić information content (AvgIpc) is 2.70. The third-order valence-electron chi connectivity index (χ3n) is 4.13. The standard InChI is InChI=1S/C21H21ClF3NO7P/c1-5-12-8-15(26(28)29)18(34(30)31-11-19(27)33-20(2,3)4)10-17(12)32-16-7-6-13(9-14(16)22)21(23,24)25/h6-10H,5,11H2,1-4H3/q+1. The second-order valence-corrected chi connectivity index (χ2v) is 9.58. The minimum absolute atomic E-state index is 0.0195. The molecule has 0 aliphatic carbocycles. The van der Waals surface area contributed by atoms with Crippen LogP contribution in [0.15, 0.2) is 30.3 Å². The molecule has 8 nitrogen and oxygen atoms in total. The molecule has 13 heteroatoms. The number of nitrogens with zero attached hydrogens (tertiary/aromatic N) is 1. The van der Waals surface area contributed by atoms with E-state index in [0.717, 1.165) is 24.3 Å². The maximum absolute atomic E-state index is 12.9. The van der Waals surface area contributed by atoms with E-state index in [1.54, 1.807) is 27.7 Å². The van der Waals surface area contributed by atoms with Gasteiger partial charge in [-0.05, 0) is 50.0 Å². The van der Waals surface area contributed by atoms with Crippen molar-refractivity contribution in [2.24, 2.45) is 0 Å². The van der Waals surface area contributed by atoms with Crippen LogP contribution in [0.5, 0.6) is 11.5 Å². The molecule has 0 aromatic heterocycles. The minimum atomic E-state index is -4.61. The summed E-state index contributed by atoms with van der Waals surface area (Å²) < 4.78 is 67.0. The molecule has 0 amide bonds. The summed E-state index contributed by atoms with van der Waals surface area (Å²) in [4.78, 5) is 22.6. The maximum Gasteiger partial charge on any atom is 0.556 e. The lowest BCUT2D eigenvalue weighted by Crippen LogP contribution is -2.26. The highest BCUT2D eigenvalue weighted by molar-refractivity contribution is 7.48. The van der Waals surface area contributed by atoms with Gasteiger partial charge in [0.05, 0.1) is 15.5 Å². The summed E-state index contributed by atoms with van der Waals surface area (Å²) in [5, 5.41) is 10.8. The van der Waals surface area contributed by atoms with Crippen LogP contribution in [-0.4, -0.2) is 23.1 Å². The van der Waals surface area contributed by atoms with E-state index in [-0.39, 0.29) is 28.2 Å². The zero-order chi connectivity index (χ0) is 25.8. The van der Waals surface area contributed by atoms with Crippen molar-refractivity contribution in [3.63, 3.8) is 0 Å². The van der Waals surface area contributed by atoms with Gasteiger partial charge in [-0.25, -0.2) is 4.79 Å². The van der Waals surface area contributed by atoms with Crippen LogP contribution in [0.1, 0.15) is 38.8 Å². The van der Waals surface area contributed by atoms with Crippen molar-refractivity contribution < 1.29 is 41.5 Å². The Hall–Kier alpha value is -2.75. The third-order valence-corrected chi connectivity index (χ3v) is 5.54. The molecule has 0 saturated heterocycles. The van der Waals surface area contributed by atoms with Crippen molar-refractivity contribution in [1.82, 2.24) is 0 Å². The van der Waals surface area contributed by atoms with Gasteiger partial charge >= 0.3 is 31.2 Å². The third kappa shape index (κ3) is 7.38. The van der Waals surface area contributed by atoms with E-state index >= 15 is 0 Å². The normalized spacial score (nSPS) is 12.3. The fourth-order valence-electron chi connectivity index (χ4n) is 2.69. The summed E-state index contributed by atoms with van der Waals surface area (Å²) >= 11 is 5.94. The monoisotopic (exact) mass is 522 g/mol. The van der Waals surface area contributed by atoms with Gasteiger partial charge in [0.15, 0.2) is 0 Å². The Kier molecular flexibility index (Phi) is 8.63. The molecular formula is C21H21ClF3NO7P+. The lowest BCUT2D eigenvalue weighted by Gasteiger charge is -2.18.